The van der Waals surface area contributed by atoms with E-state index in [1.54, 1.807) is 23.9 Å². The lowest BCUT2D eigenvalue weighted by molar-refractivity contribution is -0.0440. The fourth-order valence-electron chi connectivity index (χ4n) is 3.82. The minimum absolute atomic E-state index is 0.00772. The number of carbonyl (C=O) groups is 1. The van der Waals surface area contributed by atoms with Crippen LogP contribution in [0.3, 0.4) is 0 Å². The zero-order valence-electron chi connectivity index (χ0n) is 19.8. The number of thioether (sulfide) groups is 1. The Balaban J connectivity index is 1.36. The Morgan fingerprint density at radius 2 is 1.89 bits per heavy atom. The van der Waals surface area contributed by atoms with Gasteiger partial charge in [0.15, 0.2) is 10.1 Å². The second-order valence-corrected chi connectivity index (χ2v) is 12.6. The van der Waals surface area contributed by atoms with Crippen molar-refractivity contribution in [2.75, 3.05) is 25.0 Å². The Morgan fingerprint density at radius 1 is 1.14 bits per heavy atom. The molecule has 11 heteroatoms. The molecule has 0 spiro atoms. The van der Waals surface area contributed by atoms with Crippen LogP contribution in [0.15, 0.2) is 57.8 Å². The van der Waals surface area contributed by atoms with Crippen molar-refractivity contribution in [1.29, 1.82) is 0 Å². The van der Waals surface area contributed by atoms with Gasteiger partial charge >= 0.3 is 0 Å². The highest BCUT2D eigenvalue weighted by Gasteiger charge is 2.32. The van der Waals surface area contributed by atoms with Crippen molar-refractivity contribution in [2.45, 2.75) is 48.0 Å². The number of ether oxygens (including phenoxy) is 1. The zero-order valence-corrected chi connectivity index (χ0v) is 22.3. The summed E-state index contributed by atoms with van der Waals surface area (Å²) >= 11 is 2.98. The third kappa shape index (κ3) is 6.47. The summed E-state index contributed by atoms with van der Waals surface area (Å²) in [5.41, 5.74) is 2.80. The molecule has 0 bridgehead atoms. The molecule has 0 saturated carbocycles. The number of aromatic nitrogens is 2. The maximum absolute atomic E-state index is 13.1. The predicted octanol–water partition coefficient (Wildman–Crippen LogP) is 4.23. The second-order valence-electron chi connectivity index (χ2n) is 8.47. The van der Waals surface area contributed by atoms with E-state index >= 15 is 0 Å². The summed E-state index contributed by atoms with van der Waals surface area (Å²) in [4.78, 5) is 12.9. The van der Waals surface area contributed by atoms with E-state index in [0.717, 1.165) is 10.1 Å². The number of anilines is 1. The minimum atomic E-state index is -3.72. The smallest absolute Gasteiger partial charge is 0.243 e. The quantitative estimate of drug-likeness (QED) is 0.323. The molecule has 1 saturated heterocycles. The lowest BCUT2D eigenvalue weighted by Gasteiger charge is -2.34. The van der Waals surface area contributed by atoms with Crippen molar-refractivity contribution in [2.24, 2.45) is 0 Å². The van der Waals surface area contributed by atoms with Gasteiger partial charge in [-0.2, -0.15) is 4.31 Å². The summed E-state index contributed by atoms with van der Waals surface area (Å²) in [6.07, 6.45) is -0.372. The Bertz CT molecular complexity index is 1290. The van der Waals surface area contributed by atoms with Gasteiger partial charge in [0, 0.05) is 24.4 Å². The molecule has 1 aromatic heterocycles. The molecule has 0 aliphatic carbocycles. The van der Waals surface area contributed by atoms with Gasteiger partial charge in [-0.1, -0.05) is 59.5 Å². The summed E-state index contributed by atoms with van der Waals surface area (Å²) in [6.45, 7) is 6.35. The number of morpholine rings is 1. The highest BCUT2D eigenvalue weighted by molar-refractivity contribution is 8.00. The normalized spacial score (nSPS) is 18.9. The summed E-state index contributed by atoms with van der Waals surface area (Å²) in [5.74, 6) is 0.567. The second kappa shape index (κ2) is 11.2. The van der Waals surface area contributed by atoms with Crippen LogP contribution < -0.4 is 5.32 Å². The first-order valence-corrected chi connectivity index (χ1v) is 14.5. The van der Waals surface area contributed by atoms with Gasteiger partial charge in [0.05, 0.1) is 23.6 Å². The molecule has 0 radical (unpaired) electrons. The number of hydrogen-bond acceptors (Lipinski definition) is 9. The highest BCUT2D eigenvalue weighted by Crippen LogP contribution is 2.29. The lowest BCUT2D eigenvalue weighted by Crippen LogP contribution is -2.48. The van der Waals surface area contributed by atoms with E-state index in [1.165, 1.54) is 38.9 Å². The first kappa shape index (κ1) is 25.8. The molecule has 8 nitrogen and oxygen atoms in total. The van der Waals surface area contributed by atoms with Crippen LogP contribution in [0.2, 0.25) is 0 Å². The zero-order chi connectivity index (χ0) is 25.0. The number of carbonyl (C=O) groups excluding carboxylic acids is 1. The number of benzene rings is 2. The summed E-state index contributed by atoms with van der Waals surface area (Å²) in [7, 11) is -3.72. The van der Waals surface area contributed by atoms with Gasteiger partial charge in [-0.15, -0.1) is 10.2 Å². The number of Topliss-reactive ketones (excluding diaryl/α,β-unsaturated/α-hetero) is 1. The Hall–Kier alpha value is -2.31. The fraction of sp³-hybridized carbons (Fsp3) is 0.375. The first-order valence-electron chi connectivity index (χ1n) is 11.3. The molecule has 0 amide bonds. The number of ketones is 1. The van der Waals surface area contributed by atoms with Crippen molar-refractivity contribution >= 4 is 44.0 Å². The number of nitrogens with zero attached hydrogens (tertiary/aromatic N) is 3. The van der Waals surface area contributed by atoms with E-state index in [2.05, 4.69) is 34.6 Å². The average Bonchev–Trinajstić information content (AvgIpc) is 3.29. The van der Waals surface area contributed by atoms with Gasteiger partial charge < -0.3 is 10.1 Å². The maximum atomic E-state index is 13.1. The van der Waals surface area contributed by atoms with Crippen molar-refractivity contribution < 1.29 is 17.9 Å². The minimum Gasteiger partial charge on any atom is -0.373 e. The van der Waals surface area contributed by atoms with Gasteiger partial charge in [-0.3, -0.25) is 4.79 Å². The van der Waals surface area contributed by atoms with Crippen molar-refractivity contribution in [3.63, 3.8) is 0 Å². The maximum Gasteiger partial charge on any atom is 0.243 e. The van der Waals surface area contributed by atoms with E-state index in [4.69, 9.17) is 4.74 Å². The summed E-state index contributed by atoms with van der Waals surface area (Å²) in [6, 6.07) is 14.4. The van der Waals surface area contributed by atoms with Crippen LogP contribution in [-0.4, -0.2) is 60.5 Å². The van der Waals surface area contributed by atoms with Gasteiger partial charge in [-0.25, -0.2) is 8.42 Å². The number of rotatable bonds is 9. The number of sulfonamides is 1. The molecule has 1 aliphatic heterocycles. The molecule has 186 valence electrons. The van der Waals surface area contributed by atoms with E-state index < -0.39 is 10.0 Å². The van der Waals surface area contributed by atoms with Gasteiger partial charge in [0.2, 0.25) is 15.2 Å². The molecule has 1 aliphatic rings. The van der Waals surface area contributed by atoms with Crippen molar-refractivity contribution in [3.05, 3.63) is 65.2 Å². The standard InChI is InChI=1S/C24H28N4O4S3/c1-16-7-4-5-8-20(16)15-33-24-27-26-23(34-24)25-12-22(29)19-9-6-10-21(11-19)35(30,31)28-13-17(2)32-18(3)14-28/h4-11,17-18H,12-15H2,1-3H3,(H,25,26). The van der Waals surface area contributed by atoms with Crippen LogP contribution in [0.25, 0.3) is 0 Å². The van der Waals surface area contributed by atoms with Crippen LogP contribution in [0, 0.1) is 6.92 Å². The molecule has 1 fully saturated rings. The molecule has 2 unspecified atom stereocenters. The average molecular weight is 533 g/mol. The van der Waals surface area contributed by atoms with E-state index in [1.807, 2.05) is 26.0 Å². The van der Waals surface area contributed by atoms with Gasteiger partial charge in [0.25, 0.3) is 0 Å². The summed E-state index contributed by atoms with van der Waals surface area (Å²) in [5, 5.41) is 11.9. The molecule has 2 aromatic carbocycles. The Morgan fingerprint density at radius 3 is 2.63 bits per heavy atom. The lowest BCUT2D eigenvalue weighted by atomic mass is 10.1. The fourth-order valence-corrected chi connectivity index (χ4v) is 7.28. The van der Waals surface area contributed by atoms with Crippen LogP contribution in [0.5, 0.6) is 0 Å². The third-order valence-electron chi connectivity index (χ3n) is 5.60. The molecule has 35 heavy (non-hydrogen) atoms. The molecule has 3 aromatic rings. The molecule has 2 atom stereocenters. The molecule has 1 N–H and O–H groups in total. The topological polar surface area (TPSA) is 101 Å². The number of nitrogens with one attached hydrogen (secondary N) is 1. The van der Waals surface area contributed by atoms with E-state index in [0.29, 0.717) is 10.7 Å². The summed E-state index contributed by atoms with van der Waals surface area (Å²) < 4.78 is 34.2. The monoisotopic (exact) mass is 532 g/mol. The van der Waals surface area contributed by atoms with Crippen LogP contribution in [0.4, 0.5) is 5.13 Å². The molecular formula is C24H28N4O4S3. The highest BCUT2D eigenvalue weighted by atomic mass is 32.2. The molecular weight excluding hydrogens is 504 g/mol. The Labute approximate surface area is 214 Å². The number of hydrogen-bond donors (Lipinski definition) is 1. The largest absolute Gasteiger partial charge is 0.373 e. The molecule has 4 rings (SSSR count). The SMILES string of the molecule is Cc1ccccc1CSc1nnc(NCC(=O)c2cccc(S(=O)(=O)N3CC(C)OC(C)C3)c2)s1. The van der Waals surface area contributed by atoms with Crippen LogP contribution in [0.1, 0.15) is 35.3 Å². The van der Waals surface area contributed by atoms with Crippen molar-refractivity contribution in [1.82, 2.24) is 14.5 Å². The third-order valence-corrected chi connectivity index (χ3v) is 9.49. The van der Waals surface area contributed by atoms with E-state index in [9.17, 15) is 13.2 Å². The van der Waals surface area contributed by atoms with Crippen LogP contribution in [-0.2, 0) is 20.5 Å². The predicted molar refractivity (Wildman–Crippen MR) is 139 cm³/mol. The van der Waals surface area contributed by atoms with Crippen LogP contribution >= 0.6 is 23.1 Å². The number of aryl methyl sites for hydroxylation is 1. The van der Waals surface area contributed by atoms with Crippen molar-refractivity contribution in [3.8, 4) is 0 Å². The molecule has 2 heterocycles. The Kier molecular flexibility index (Phi) is 8.23. The van der Waals surface area contributed by atoms with Gasteiger partial charge in [-0.05, 0) is 44.0 Å². The van der Waals surface area contributed by atoms with Gasteiger partial charge in [0.1, 0.15) is 0 Å². The first-order chi connectivity index (χ1) is 16.7. The van der Waals surface area contributed by atoms with E-state index in [-0.39, 0.29) is 42.5 Å².